The van der Waals surface area contributed by atoms with Crippen LogP contribution in [0.4, 0.5) is 9.59 Å². The summed E-state index contributed by atoms with van der Waals surface area (Å²) in [5.74, 6) is -1.04. The molecule has 3 rings (SSSR count). The highest BCUT2D eigenvalue weighted by Gasteiger charge is 2.46. The highest BCUT2D eigenvalue weighted by molar-refractivity contribution is 5.96. The van der Waals surface area contributed by atoms with E-state index in [-0.39, 0.29) is 19.1 Å². The van der Waals surface area contributed by atoms with E-state index in [2.05, 4.69) is 16.2 Å². The number of urea groups is 1. The van der Waals surface area contributed by atoms with Gasteiger partial charge in [-0.3, -0.25) is 25.6 Å². The van der Waals surface area contributed by atoms with Crippen molar-refractivity contribution in [3.05, 3.63) is 35.4 Å². The number of alkyl carbamates (subject to hydrolysis) is 1. The number of rotatable bonds is 4. The normalized spacial score (nSPS) is 20.3. The molecule has 11 nitrogen and oxygen atoms in total. The molecule has 0 radical (unpaired) electrons. The maximum atomic E-state index is 12.4. The molecule has 4 N–H and O–H groups in total. The molecule has 2 fully saturated rings. The van der Waals surface area contributed by atoms with Gasteiger partial charge in [0.25, 0.3) is 11.8 Å². The maximum absolute atomic E-state index is 12.4. The third-order valence-corrected chi connectivity index (χ3v) is 5.00. The summed E-state index contributed by atoms with van der Waals surface area (Å²) in [5, 5.41) is 13.0. The molecular weight excluding hydrogens is 406 g/mol. The molecule has 5 amide bonds. The number of hydrogen-bond donors (Lipinski definition) is 4. The Balaban J connectivity index is 1.47. The molecule has 0 spiro atoms. The van der Waals surface area contributed by atoms with Gasteiger partial charge in [-0.25, -0.2) is 14.7 Å². The number of hydrazine groups is 1. The maximum Gasteiger partial charge on any atom is 0.407 e. The Bertz CT molecular complexity index is 866. The minimum absolute atomic E-state index is 0.238. The van der Waals surface area contributed by atoms with Crippen molar-refractivity contribution in [2.45, 2.75) is 57.8 Å². The molecule has 2 saturated heterocycles. The van der Waals surface area contributed by atoms with Gasteiger partial charge in [-0.1, -0.05) is 12.1 Å². The molecule has 1 aromatic carbocycles. The van der Waals surface area contributed by atoms with Crippen molar-refractivity contribution < 1.29 is 29.1 Å². The van der Waals surface area contributed by atoms with Crippen LogP contribution in [-0.2, 0) is 16.1 Å². The van der Waals surface area contributed by atoms with Crippen LogP contribution in [0.3, 0.4) is 0 Å². The lowest BCUT2D eigenvalue weighted by molar-refractivity contribution is -0.126. The van der Waals surface area contributed by atoms with Crippen molar-refractivity contribution in [1.82, 2.24) is 26.1 Å². The first kappa shape index (κ1) is 22.3. The third kappa shape index (κ3) is 5.43. The zero-order valence-corrected chi connectivity index (χ0v) is 17.7. The molecule has 0 aliphatic carbocycles. The topological polar surface area (TPSA) is 140 Å². The van der Waals surface area contributed by atoms with E-state index >= 15 is 0 Å². The second kappa shape index (κ2) is 8.80. The molecule has 11 heteroatoms. The summed E-state index contributed by atoms with van der Waals surface area (Å²) in [4.78, 5) is 49.6. The lowest BCUT2D eigenvalue weighted by Gasteiger charge is -2.29. The molecule has 1 aromatic rings. The second-order valence-electron chi connectivity index (χ2n) is 8.52. The van der Waals surface area contributed by atoms with Crippen LogP contribution in [0.15, 0.2) is 24.3 Å². The van der Waals surface area contributed by atoms with Gasteiger partial charge in [0.15, 0.2) is 0 Å². The smallest absolute Gasteiger partial charge is 0.407 e. The van der Waals surface area contributed by atoms with E-state index in [1.807, 2.05) is 0 Å². The number of carbonyl (C=O) groups excluding carboxylic acids is 4. The van der Waals surface area contributed by atoms with Crippen molar-refractivity contribution in [3.8, 4) is 0 Å². The summed E-state index contributed by atoms with van der Waals surface area (Å²) in [6.45, 7) is 5.83. The van der Waals surface area contributed by atoms with Gasteiger partial charge in [0.2, 0.25) is 0 Å². The third-order valence-electron chi connectivity index (χ3n) is 5.00. The quantitative estimate of drug-likeness (QED) is 0.414. The van der Waals surface area contributed by atoms with Crippen molar-refractivity contribution in [2.75, 3.05) is 6.54 Å². The largest absolute Gasteiger partial charge is 0.444 e. The SMILES string of the molecule is CC(C)(C)OC(=O)NCc1ccc(C(=O)NNC(=O)[C@@H]2CC[C@@H]3CN2C(=O)N3O)cc1. The number of carbonyl (C=O) groups is 4. The summed E-state index contributed by atoms with van der Waals surface area (Å²) >= 11 is 0. The Morgan fingerprint density at radius 2 is 1.81 bits per heavy atom. The first-order chi connectivity index (χ1) is 14.5. The van der Waals surface area contributed by atoms with Crippen LogP contribution in [0.2, 0.25) is 0 Å². The van der Waals surface area contributed by atoms with E-state index in [0.717, 1.165) is 5.56 Å². The van der Waals surface area contributed by atoms with Gasteiger partial charge in [0.1, 0.15) is 11.6 Å². The monoisotopic (exact) mass is 433 g/mol. The lowest BCUT2D eigenvalue weighted by atomic mass is 10.0. The second-order valence-corrected chi connectivity index (χ2v) is 8.52. The summed E-state index contributed by atoms with van der Waals surface area (Å²) in [6.07, 6.45) is 0.366. The van der Waals surface area contributed by atoms with E-state index in [9.17, 15) is 24.4 Å². The molecule has 31 heavy (non-hydrogen) atoms. The number of nitrogens with one attached hydrogen (secondary N) is 3. The molecule has 168 valence electrons. The van der Waals surface area contributed by atoms with E-state index in [0.29, 0.717) is 23.5 Å². The fraction of sp³-hybridized carbons (Fsp3) is 0.500. The summed E-state index contributed by atoms with van der Waals surface area (Å²) in [5.41, 5.74) is 5.16. The number of fused-ring (bicyclic) bond motifs is 2. The number of hydrogen-bond acceptors (Lipinski definition) is 6. The van der Waals surface area contributed by atoms with Crippen LogP contribution in [0.5, 0.6) is 0 Å². The Morgan fingerprint density at radius 1 is 1.13 bits per heavy atom. The number of nitrogens with zero attached hydrogens (tertiary/aromatic N) is 2. The minimum atomic E-state index is -0.748. The van der Waals surface area contributed by atoms with Gasteiger partial charge in [-0.15, -0.1) is 0 Å². The standard InChI is InChI=1S/C20H27N5O6/c1-20(2,3)31-18(28)21-10-12-4-6-13(7-5-12)16(26)22-23-17(27)15-9-8-14-11-24(15)19(29)25(14)30/h4-7,14-15,30H,8-11H2,1-3H3,(H,21,28)(H,22,26)(H,23,27)/t14-,15+/m1/s1. The average Bonchev–Trinajstić information content (AvgIpc) is 2.93. The molecule has 2 aliphatic rings. The van der Waals surface area contributed by atoms with Crippen LogP contribution >= 0.6 is 0 Å². The van der Waals surface area contributed by atoms with Gasteiger partial charge in [0, 0.05) is 18.7 Å². The fourth-order valence-corrected chi connectivity index (χ4v) is 3.46. The molecular formula is C20H27N5O6. The average molecular weight is 433 g/mol. The fourth-order valence-electron chi connectivity index (χ4n) is 3.46. The molecule has 2 atom stereocenters. The Kier molecular flexibility index (Phi) is 6.34. The zero-order chi connectivity index (χ0) is 22.8. The van der Waals surface area contributed by atoms with Gasteiger partial charge in [-0.2, -0.15) is 0 Å². The predicted molar refractivity (Wildman–Crippen MR) is 108 cm³/mol. The highest BCUT2D eigenvalue weighted by Crippen LogP contribution is 2.28. The number of hydroxylamine groups is 2. The van der Waals surface area contributed by atoms with E-state index in [4.69, 9.17) is 4.74 Å². The number of benzene rings is 1. The van der Waals surface area contributed by atoms with Crippen molar-refractivity contribution in [1.29, 1.82) is 0 Å². The van der Waals surface area contributed by atoms with Gasteiger partial charge < -0.3 is 15.0 Å². The zero-order valence-electron chi connectivity index (χ0n) is 17.7. The molecule has 0 aromatic heterocycles. The number of ether oxygens (including phenoxy) is 1. The molecule has 2 heterocycles. The van der Waals surface area contributed by atoms with Crippen molar-refractivity contribution >= 4 is 23.9 Å². The van der Waals surface area contributed by atoms with Crippen LogP contribution in [0.1, 0.15) is 49.5 Å². The van der Waals surface area contributed by atoms with E-state index < -0.39 is 35.6 Å². The van der Waals surface area contributed by atoms with E-state index in [1.54, 1.807) is 45.0 Å². The van der Waals surface area contributed by atoms with Crippen LogP contribution in [0.25, 0.3) is 0 Å². The predicted octanol–water partition coefficient (Wildman–Crippen LogP) is 1.13. The Labute approximate surface area is 179 Å². The summed E-state index contributed by atoms with van der Waals surface area (Å²) in [7, 11) is 0. The molecule has 2 bridgehead atoms. The summed E-state index contributed by atoms with van der Waals surface area (Å²) < 4.78 is 5.16. The first-order valence-electron chi connectivity index (χ1n) is 10.00. The van der Waals surface area contributed by atoms with Gasteiger partial charge in [0.05, 0.1) is 6.04 Å². The summed E-state index contributed by atoms with van der Waals surface area (Å²) in [6, 6.07) is 4.82. The Hall–Kier alpha value is -3.34. The van der Waals surface area contributed by atoms with Crippen molar-refractivity contribution in [2.24, 2.45) is 0 Å². The van der Waals surface area contributed by atoms with Gasteiger partial charge in [-0.05, 0) is 51.3 Å². The molecule has 0 unspecified atom stereocenters. The Morgan fingerprint density at radius 3 is 2.45 bits per heavy atom. The van der Waals surface area contributed by atoms with Crippen LogP contribution in [0, 0.1) is 0 Å². The first-order valence-corrected chi connectivity index (χ1v) is 10.00. The highest BCUT2D eigenvalue weighted by atomic mass is 16.6. The van der Waals surface area contributed by atoms with Crippen molar-refractivity contribution in [3.63, 3.8) is 0 Å². The molecule has 2 aliphatic heterocycles. The number of piperidine rings is 1. The number of amides is 5. The van der Waals surface area contributed by atoms with Crippen LogP contribution < -0.4 is 16.2 Å². The lowest BCUT2D eigenvalue weighted by Crippen LogP contribution is -2.54. The van der Waals surface area contributed by atoms with Gasteiger partial charge >= 0.3 is 12.1 Å². The molecule has 0 saturated carbocycles. The van der Waals surface area contributed by atoms with Crippen LogP contribution in [-0.4, -0.2) is 63.3 Å². The van der Waals surface area contributed by atoms with E-state index in [1.165, 1.54) is 4.90 Å². The minimum Gasteiger partial charge on any atom is -0.444 e.